The number of aliphatic hydroxyl groups excluding tert-OH is 1. The number of benzene rings is 2. The number of carboxylic acid groups (broad SMARTS) is 1. The van der Waals surface area contributed by atoms with Crippen molar-refractivity contribution in [2.45, 2.75) is 37.8 Å². The van der Waals surface area contributed by atoms with Crippen LogP contribution in [-0.2, 0) is 6.42 Å². The van der Waals surface area contributed by atoms with E-state index in [4.69, 9.17) is 16.7 Å². The molecule has 23 heavy (non-hydrogen) atoms. The topological polar surface area (TPSA) is 69.6 Å². The molecule has 2 aromatic rings. The highest BCUT2D eigenvalue weighted by Gasteiger charge is 2.13. The van der Waals surface area contributed by atoms with Crippen LogP contribution in [0.4, 0.5) is 4.79 Å². The summed E-state index contributed by atoms with van der Waals surface area (Å²) in [6, 6.07) is 14.1. The first-order valence-electron chi connectivity index (χ1n) is 7.79. The van der Waals surface area contributed by atoms with Crippen molar-refractivity contribution in [3.8, 4) is 0 Å². The van der Waals surface area contributed by atoms with E-state index in [1.54, 1.807) is 0 Å². The van der Waals surface area contributed by atoms with E-state index >= 15 is 0 Å². The van der Waals surface area contributed by atoms with Crippen LogP contribution < -0.4 is 5.32 Å². The Balaban J connectivity index is 2.01. The summed E-state index contributed by atoms with van der Waals surface area (Å²) < 4.78 is 0. The van der Waals surface area contributed by atoms with Crippen molar-refractivity contribution in [3.05, 3.63) is 48.0 Å². The van der Waals surface area contributed by atoms with E-state index in [0.717, 1.165) is 17.4 Å². The van der Waals surface area contributed by atoms with Crippen LogP contribution in [0.25, 0.3) is 10.8 Å². The standard InChI is InChI=1S/C18H22ClNO3/c19-12-17(21)7-3-6-16(20-18(22)23)11-13-8-9-14-4-1-2-5-15(14)10-13/h1-2,4-5,8-10,16-17,20-21H,3,6-7,11-12H2,(H,22,23)/t16-,17-/m0/s1. The van der Waals surface area contributed by atoms with Crippen LogP contribution in [0.2, 0.25) is 0 Å². The molecular formula is C18H22ClNO3. The van der Waals surface area contributed by atoms with E-state index in [9.17, 15) is 9.90 Å². The van der Waals surface area contributed by atoms with Gasteiger partial charge in [0.15, 0.2) is 0 Å². The first kappa shape index (κ1) is 17.6. The first-order chi connectivity index (χ1) is 11.1. The lowest BCUT2D eigenvalue weighted by Crippen LogP contribution is -2.35. The zero-order valence-electron chi connectivity index (χ0n) is 12.9. The monoisotopic (exact) mass is 335 g/mol. The molecule has 0 saturated carbocycles. The van der Waals surface area contributed by atoms with Crippen molar-refractivity contribution in [3.63, 3.8) is 0 Å². The van der Waals surface area contributed by atoms with Gasteiger partial charge in [0.05, 0.1) is 6.10 Å². The highest BCUT2D eigenvalue weighted by molar-refractivity contribution is 6.18. The molecule has 0 aromatic heterocycles. The van der Waals surface area contributed by atoms with Crippen molar-refractivity contribution >= 4 is 28.5 Å². The average molecular weight is 336 g/mol. The molecule has 0 saturated heterocycles. The zero-order chi connectivity index (χ0) is 16.7. The van der Waals surface area contributed by atoms with Gasteiger partial charge in [-0.3, -0.25) is 0 Å². The van der Waals surface area contributed by atoms with Gasteiger partial charge in [0.25, 0.3) is 0 Å². The number of rotatable bonds is 8. The molecule has 124 valence electrons. The Kier molecular flexibility index (Phi) is 6.68. The predicted octanol–water partition coefficient (Wildman–Crippen LogP) is 3.79. The number of alkyl halides is 1. The SMILES string of the molecule is O=C(O)N[C@@H](CCC[C@H](O)CCl)Cc1ccc2ccccc2c1. The number of aliphatic hydroxyl groups is 1. The molecule has 0 spiro atoms. The molecule has 1 amide bonds. The van der Waals surface area contributed by atoms with Gasteiger partial charge in [0.2, 0.25) is 0 Å². The fourth-order valence-electron chi connectivity index (χ4n) is 2.73. The average Bonchev–Trinajstić information content (AvgIpc) is 2.54. The molecule has 0 aliphatic rings. The molecule has 2 aromatic carbocycles. The van der Waals surface area contributed by atoms with E-state index in [-0.39, 0.29) is 11.9 Å². The minimum absolute atomic E-state index is 0.170. The molecule has 0 radical (unpaired) electrons. The molecule has 0 fully saturated rings. The maximum Gasteiger partial charge on any atom is 0.404 e. The Morgan fingerprint density at radius 2 is 1.87 bits per heavy atom. The Labute approximate surface area is 141 Å². The molecule has 0 heterocycles. The van der Waals surface area contributed by atoms with Crippen LogP contribution in [0.5, 0.6) is 0 Å². The molecule has 0 unspecified atom stereocenters. The van der Waals surface area contributed by atoms with Crippen LogP contribution >= 0.6 is 11.6 Å². The lowest BCUT2D eigenvalue weighted by Gasteiger charge is -2.18. The smallest absolute Gasteiger partial charge is 0.404 e. The van der Waals surface area contributed by atoms with E-state index in [0.29, 0.717) is 19.3 Å². The van der Waals surface area contributed by atoms with Crippen molar-refractivity contribution < 1.29 is 15.0 Å². The van der Waals surface area contributed by atoms with Crippen LogP contribution in [-0.4, -0.2) is 34.3 Å². The molecule has 5 heteroatoms. The summed E-state index contributed by atoms with van der Waals surface area (Å²) in [7, 11) is 0. The van der Waals surface area contributed by atoms with Gasteiger partial charge >= 0.3 is 6.09 Å². The molecule has 4 nitrogen and oxygen atoms in total. The number of fused-ring (bicyclic) bond motifs is 1. The quantitative estimate of drug-likeness (QED) is 0.643. The summed E-state index contributed by atoms with van der Waals surface area (Å²) in [5, 5.41) is 23.4. The minimum atomic E-state index is -1.02. The van der Waals surface area contributed by atoms with Crippen molar-refractivity contribution in [1.29, 1.82) is 0 Å². The van der Waals surface area contributed by atoms with E-state index in [2.05, 4.69) is 29.6 Å². The number of amides is 1. The number of carbonyl (C=O) groups is 1. The summed E-state index contributed by atoms with van der Waals surface area (Å²) in [5.74, 6) is 0.210. The first-order valence-corrected chi connectivity index (χ1v) is 8.33. The Morgan fingerprint density at radius 1 is 1.13 bits per heavy atom. The van der Waals surface area contributed by atoms with Crippen LogP contribution in [0.3, 0.4) is 0 Å². The van der Waals surface area contributed by atoms with Crippen LogP contribution in [0, 0.1) is 0 Å². The van der Waals surface area contributed by atoms with Gasteiger partial charge in [0.1, 0.15) is 0 Å². The lowest BCUT2D eigenvalue weighted by molar-refractivity contribution is 0.178. The van der Waals surface area contributed by atoms with Gasteiger partial charge in [-0.2, -0.15) is 0 Å². The fourth-order valence-corrected chi connectivity index (χ4v) is 2.88. The summed E-state index contributed by atoms with van der Waals surface area (Å²) in [4.78, 5) is 11.0. The second kappa shape index (κ2) is 8.75. The summed E-state index contributed by atoms with van der Waals surface area (Å²) in [6.07, 6.45) is 1.07. The minimum Gasteiger partial charge on any atom is -0.465 e. The largest absolute Gasteiger partial charge is 0.465 e. The van der Waals surface area contributed by atoms with Crippen molar-refractivity contribution in [1.82, 2.24) is 5.32 Å². The van der Waals surface area contributed by atoms with Gasteiger partial charge in [-0.15, -0.1) is 11.6 Å². The van der Waals surface area contributed by atoms with E-state index in [1.165, 1.54) is 5.39 Å². The highest BCUT2D eigenvalue weighted by atomic mass is 35.5. The maximum absolute atomic E-state index is 11.0. The lowest BCUT2D eigenvalue weighted by atomic mass is 9.98. The summed E-state index contributed by atoms with van der Waals surface area (Å²) in [6.45, 7) is 0. The third-order valence-corrected chi connectivity index (χ3v) is 4.25. The normalized spacial score (nSPS) is 13.7. The van der Waals surface area contributed by atoms with Gasteiger partial charge in [-0.25, -0.2) is 4.79 Å². The molecular weight excluding hydrogens is 314 g/mol. The van der Waals surface area contributed by atoms with Crippen molar-refractivity contribution in [2.75, 3.05) is 5.88 Å². The Bertz CT molecular complexity index is 647. The predicted molar refractivity (Wildman–Crippen MR) is 93.2 cm³/mol. The number of halogens is 1. The second-order valence-corrected chi connectivity index (χ2v) is 6.08. The fraction of sp³-hybridized carbons (Fsp3) is 0.389. The number of hydrogen-bond donors (Lipinski definition) is 3. The van der Waals surface area contributed by atoms with Gasteiger partial charge in [-0.05, 0) is 42.0 Å². The molecule has 3 N–H and O–H groups in total. The highest BCUT2D eigenvalue weighted by Crippen LogP contribution is 2.18. The summed E-state index contributed by atoms with van der Waals surface area (Å²) >= 11 is 5.58. The molecule has 0 bridgehead atoms. The van der Waals surface area contributed by atoms with E-state index in [1.807, 2.05) is 18.2 Å². The Morgan fingerprint density at radius 3 is 2.57 bits per heavy atom. The maximum atomic E-state index is 11.0. The van der Waals surface area contributed by atoms with Gasteiger partial charge in [-0.1, -0.05) is 42.5 Å². The Hall–Kier alpha value is -1.78. The number of hydrogen-bond acceptors (Lipinski definition) is 2. The van der Waals surface area contributed by atoms with Crippen molar-refractivity contribution in [2.24, 2.45) is 0 Å². The third kappa shape index (κ3) is 5.73. The summed E-state index contributed by atoms with van der Waals surface area (Å²) in [5.41, 5.74) is 1.10. The molecule has 2 rings (SSSR count). The second-order valence-electron chi connectivity index (χ2n) is 5.77. The van der Waals surface area contributed by atoms with E-state index < -0.39 is 12.2 Å². The molecule has 2 atom stereocenters. The van der Waals surface area contributed by atoms with Gasteiger partial charge < -0.3 is 15.5 Å². The van der Waals surface area contributed by atoms with Crippen LogP contribution in [0.1, 0.15) is 24.8 Å². The van der Waals surface area contributed by atoms with Gasteiger partial charge in [0, 0.05) is 11.9 Å². The zero-order valence-corrected chi connectivity index (χ0v) is 13.7. The molecule has 0 aliphatic heterocycles. The molecule has 0 aliphatic carbocycles. The number of nitrogens with one attached hydrogen (secondary N) is 1. The van der Waals surface area contributed by atoms with Crippen LogP contribution in [0.15, 0.2) is 42.5 Å². The third-order valence-electron chi connectivity index (χ3n) is 3.89.